The standard InChI is InChI=1S/C19H27N3O3/c20-15-6-4-5-14(11-15)19(24)21-16-12-18(23)22(13-16)9-10-25-17-7-2-1-3-8-17/h1-3,7-8,14-16H,4-6,9-13,20H2,(H,21,24). The van der Waals surface area contributed by atoms with E-state index in [1.54, 1.807) is 4.90 Å². The van der Waals surface area contributed by atoms with Crippen molar-refractivity contribution in [2.45, 2.75) is 44.2 Å². The number of nitrogens with two attached hydrogens (primary N) is 1. The number of hydrogen-bond acceptors (Lipinski definition) is 4. The number of hydrogen-bond donors (Lipinski definition) is 2. The fraction of sp³-hybridized carbons (Fsp3) is 0.579. The Kier molecular flexibility index (Phi) is 5.91. The van der Waals surface area contributed by atoms with Crippen LogP contribution in [0.1, 0.15) is 32.1 Å². The van der Waals surface area contributed by atoms with Crippen molar-refractivity contribution in [1.29, 1.82) is 0 Å². The van der Waals surface area contributed by atoms with Gasteiger partial charge >= 0.3 is 0 Å². The van der Waals surface area contributed by atoms with Gasteiger partial charge in [0.15, 0.2) is 0 Å². The molecule has 1 saturated heterocycles. The summed E-state index contributed by atoms with van der Waals surface area (Å²) >= 11 is 0. The van der Waals surface area contributed by atoms with E-state index in [-0.39, 0.29) is 29.8 Å². The van der Waals surface area contributed by atoms with Crippen LogP contribution in [-0.4, -0.2) is 48.5 Å². The van der Waals surface area contributed by atoms with Gasteiger partial charge in [-0.3, -0.25) is 9.59 Å². The molecule has 0 radical (unpaired) electrons. The van der Waals surface area contributed by atoms with Crippen LogP contribution in [0.25, 0.3) is 0 Å². The maximum Gasteiger partial charge on any atom is 0.224 e. The molecule has 3 N–H and O–H groups in total. The molecule has 0 spiro atoms. The van der Waals surface area contributed by atoms with Gasteiger partial charge in [0.2, 0.25) is 11.8 Å². The van der Waals surface area contributed by atoms with E-state index in [1.165, 1.54) is 0 Å². The summed E-state index contributed by atoms with van der Waals surface area (Å²) < 4.78 is 5.64. The highest BCUT2D eigenvalue weighted by atomic mass is 16.5. The van der Waals surface area contributed by atoms with Gasteiger partial charge in [0.05, 0.1) is 12.6 Å². The number of carbonyl (C=O) groups excluding carboxylic acids is 2. The molecule has 1 aromatic rings. The molecule has 136 valence electrons. The number of nitrogens with zero attached hydrogens (tertiary/aromatic N) is 1. The first kappa shape index (κ1) is 17.7. The van der Waals surface area contributed by atoms with Gasteiger partial charge in [0.25, 0.3) is 0 Å². The van der Waals surface area contributed by atoms with E-state index in [4.69, 9.17) is 10.5 Å². The second-order valence-electron chi connectivity index (χ2n) is 7.03. The van der Waals surface area contributed by atoms with E-state index in [1.807, 2.05) is 30.3 Å². The van der Waals surface area contributed by atoms with Crippen molar-refractivity contribution < 1.29 is 14.3 Å². The number of likely N-dealkylation sites (tertiary alicyclic amines) is 1. The first-order valence-corrected chi connectivity index (χ1v) is 9.13. The third-order valence-electron chi connectivity index (χ3n) is 5.02. The summed E-state index contributed by atoms with van der Waals surface area (Å²) in [5.41, 5.74) is 5.96. The van der Waals surface area contributed by atoms with Crippen LogP contribution in [0, 0.1) is 5.92 Å². The zero-order valence-electron chi connectivity index (χ0n) is 14.5. The molecular formula is C19H27N3O3. The van der Waals surface area contributed by atoms with Crippen molar-refractivity contribution in [2.24, 2.45) is 11.7 Å². The van der Waals surface area contributed by atoms with Gasteiger partial charge in [-0.05, 0) is 31.4 Å². The average Bonchev–Trinajstić information content (AvgIpc) is 2.95. The van der Waals surface area contributed by atoms with Crippen LogP contribution in [0.2, 0.25) is 0 Å². The molecule has 0 bridgehead atoms. The summed E-state index contributed by atoms with van der Waals surface area (Å²) in [4.78, 5) is 26.3. The number of carbonyl (C=O) groups is 2. The number of rotatable bonds is 6. The van der Waals surface area contributed by atoms with Gasteiger partial charge in [-0.25, -0.2) is 0 Å². The molecule has 6 nitrogen and oxygen atoms in total. The molecule has 3 rings (SSSR count). The number of nitrogens with one attached hydrogen (secondary N) is 1. The highest BCUT2D eigenvalue weighted by Gasteiger charge is 2.33. The third-order valence-corrected chi connectivity index (χ3v) is 5.02. The van der Waals surface area contributed by atoms with E-state index >= 15 is 0 Å². The minimum atomic E-state index is -0.102. The van der Waals surface area contributed by atoms with E-state index in [0.29, 0.717) is 26.1 Å². The Morgan fingerprint density at radius 2 is 2.08 bits per heavy atom. The fourth-order valence-corrected chi connectivity index (χ4v) is 3.66. The highest BCUT2D eigenvalue weighted by molar-refractivity contribution is 5.83. The smallest absolute Gasteiger partial charge is 0.224 e. The van der Waals surface area contributed by atoms with Crippen LogP contribution in [-0.2, 0) is 9.59 Å². The zero-order chi connectivity index (χ0) is 17.6. The van der Waals surface area contributed by atoms with Gasteiger partial charge in [0.1, 0.15) is 12.4 Å². The molecule has 1 aromatic carbocycles. The third kappa shape index (κ3) is 4.95. The molecule has 3 unspecified atom stereocenters. The van der Waals surface area contributed by atoms with E-state index in [0.717, 1.165) is 31.4 Å². The molecule has 2 aliphatic rings. The first-order valence-electron chi connectivity index (χ1n) is 9.13. The van der Waals surface area contributed by atoms with Crippen molar-refractivity contribution in [3.8, 4) is 5.75 Å². The maximum atomic E-state index is 12.4. The Hall–Kier alpha value is -2.08. The Morgan fingerprint density at radius 3 is 2.84 bits per heavy atom. The molecule has 25 heavy (non-hydrogen) atoms. The van der Waals surface area contributed by atoms with Gasteiger partial charge < -0.3 is 20.7 Å². The molecule has 1 saturated carbocycles. The van der Waals surface area contributed by atoms with Crippen LogP contribution < -0.4 is 15.8 Å². The number of para-hydroxylation sites is 1. The summed E-state index contributed by atoms with van der Waals surface area (Å²) in [6.07, 6.45) is 4.03. The SMILES string of the molecule is NC1CCCC(C(=O)NC2CC(=O)N(CCOc3ccccc3)C2)C1. The molecule has 1 aliphatic heterocycles. The lowest BCUT2D eigenvalue weighted by Gasteiger charge is -2.26. The average molecular weight is 345 g/mol. The fourth-order valence-electron chi connectivity index (χ4n) is 3.66. The Morgan fingerprint density at radius 1 is 1.28 bits per heavy atom. The lowest BCUT2D eigenvalue weighted by molar-refractivity contribution is -0.128. The van der Waals surface area contributed by atoms with E-state index in [9.17, 15) is 9.59 Å². The number of ether oxygens (including phenoxy) is 1. The Bertz CT molecular complexity index is 593. The molecule has 1 heterocycles. The second-order valence-corrected chi connectivity index (χ2v) is 7.03. The predicted molar refractivity (Wildman–Crippen MR) is 95.0 cm³/mol. The summed E-state index contributed by atoms with van der Waals surface area (Å²) in [5.74, 6) is 0.916. The number of amides is 2. The lowest BCUT2D eigenvalue weighted by Crippen LogP contribution is -2.43. The first-order chi connectivity index (χ1) is 12.1. The Labute approximate surface area is 148 Å². The van der Waals surface area contributed by atoms with Crippen LogP contribution >= 0.6 is 0 Å². The normalized spacial score (nSPS) is 26.5. The molecule has 6 heteroatoms. The van der Waals surface area contributed by atoms with E-state index < -0.39 is 0 Å². The zero-order valence-corrected chi connectivity index (χ0v) is 14.5. The largest absolute Gasteiger partial charge is 0.492 e. The van der Waals surface area contributed by atoms with Gasteiger partial charge in [-0.1, -0.05) is 24.6 Å². The highest BCUT2D eigenvalue weighted by Crippen LogP contribution is 2.24. The monoisotopic (exact) mass is 345 g/mol. The molecule has 1 aliphatic carbocycles. The van der Waals surface area contributed by atoms with Crippen molar-refractivity contribution in [1.82, 2.24) is 10.2 Å². The summed E-state index contributed by atoms with van der Waals surface area (Å²) in [5, 5.41) is 3.04. The van der Waals surface area contributed by atoms with Gasteiger partial charge in [-0.15, -0.1) is 0 Å². The second kappa shape index (κ2) is 8.34. The van der Waals surface area contributed by atoms with Crippen LogP contribution in [0.4, 0.5) is 0 Å². The molecule has 0 aromatic heterocycles. The van der Waals surface area contributed by atoms with Crippen molar-refractivity contribution in [2.75, 3.05) is 19.7 Å². The predicted octanol–water partition coefficient (Wildman–Crippen LogP) is 1.30. The summed E-state index contributed by atoms with van der Waals surface area (Å²) in [6, 6.07) is 9.57. The van der Waals surface area contributed by atoms with Crippen LogP contribution in [0.5, 0.6) is 5.75 Å². The van der Waals surface area contributed by atoms with Gasteiger partial charge in [0, 0.05) is 24.9 Å². The summed E-state index contributed by atoms with van der Waals surface area (Å²) in [7, 11) is 0. The minimum Gasteiger partial charge on any atom is -0.492 e. The molecular weight excluding hydrogens is 318 g/mol. The minimum absolute atomic E-state index is 0.00526. The van der Waals surface area contributed by atoms with Crippen LogP contribution in [0.3, 0.4) is 0 Å². The molecule has 2 amide bonds. The number of benzene rings is 1. The van der Waals surface area contributed by atoms with Gasteiger partial charge in [-0.2, -0.15) is 0 Å². The van der Waals surface area contributed by atoms with Crippen molar-refractivity contribution >= 4 is 11.8 Å². The maximum absolute atomic E-state index is 12.4. The quantitative estimate of drug-likeness (QED) is 0.814. The van der Waals surface area contributed by atoms with Crippen molar-refractivity contribution in [3.05, 3.63) is 30.3 Å². The lowest BCUT2D eigenvalue weighted by atomic mass is 9.85. The molecule has 3 atom stereocenters. The van der Waals surface area contributed by atoms with E-state index in [2.05, 4.69) is 5.32 Å². The summed E-state index contributed by atoms with van der Waals surface area (Å²) in [6.45, 7) is 1.55. The Balaban J connectivity index is 1.41. The van der Waals surface area contributed by atoms with Crippen LogP contribution in [0.15, 0.2) is 30.3 Å². The topological polar surface area (TPSA) is 84.7 Å². The van der Waals surface area contributed by atoms with Crippen molar-refractivity contribution in [3.63, 3.8) is 0 Å². The molecule has 2 fully saturated rings.